The lowest BCUT2D eigenvalue weighted by Gasteiger charge is -2.32. The van der Waals surface area contributed by atoms with E-state index in [0.717, 1.165) is 24.1 Å². The summed E-state index contributed by atoms with van der Waals surface area (Å²) >= 11 is 0. The average Bonchev–Trinajstić information content (AvgIpc) is 3.29. The Bertz CT molecular complexity index is 1110. The summed E-state index contributed by atoms with van der Waals surface area (Å²) in [5, 5.41) is 22.1. The molecule has 7 nitrogen and oxygen atoms in total. The summed E-state index contributed by atoms with van der Waals surface area (Å²) in [5.41, 5.74) is 2.22. The van der Waals surface area contributed by atoms with Gasteiger partial charge in [-0.1, -0.05) is 6.07 Å². The fraction of sp³-hybridized carbons (Fsp3) is 0.348. The van der Waals surface area contributed by atoms with E-state index >= 15 is 0 Å². The highest BCUT2D eigenvalue weighted by Gasteiger charge is 2.57. The standard InChI is InChI=1S/C23H23FN4O3/c1-23-11-15(12-26-23)21(22(23)24)31-19-6-5-17(27-28-19)16-4-3-13(9-18(16)29)14-7-8-25-20(10-14)30-2/h3-10,15,21-22,26,29H,11-12H2,1-2H3/t15?,21-,22+,23-/m0/s1. The zero-order chi connectivity index (χ0) is 21.6. The summed E-state index contributed by atoms with van der Waals surface area (Å²) in [6.45, 7) is 2.64. The third-order valence-corrected chi connectivity index (χ3v) is 6.26. The number of nitrogens with one attached hydrogen (secondary N) is 1. The van der Waals surface area contributed by atoms with Crippen LogP contribution in [0.3, 0.4) is 0 Å². The van der Waals surface area contributed by atoms with E-state index in [9.17, 15) is 9.50 Å². The fourth-order valence-corrected chi connectivity index (χ4v) is 4.55. The van der Waals surface area contributed by atoms with E-state index in [1.807, 2.05) is 19.1 Å². The first-order chi connectivity index (χ1) is 15.0. The molecule has 2 N–H and O–H groups in total. The van der Waals surface area contributed by atoms with Crippen molar-refractivity contribution in [1.82, 2.24) is 20.5 Å². The molecular formula is C23H23FN4O3. The highest BCUT2D eigenvalue weighted by Crippen LogP contribution is 2.43. The number of halogens is 1. The molecule has 5 rings (SSSR count). The number of rotatable bonds is 5. The van der Waals surface area contributed by atoms with Crippen molar-refractivity contribution in [3.63, 3.8) is 0 Å². The van der Waals surface area contributed by atoms with Gasteiger partial charge in [0.25, 0.3) is 0 Å². The number of phenols is 1. The van der Waals surface area contributed by atoms with Crippen LogP contribution < -0.4 is 14.8 Å². The number of alkyl halides is 1. The van der Waals surface area contributed by atoms with Gasteiger partial charge in [-0.15, -0.1) is 10.2 Å². The molecule has 1 saturated heterocycles. The van der Waals surface area contributed by atoms with Crippen LogP contribution in [0.25, 0.3) is 22.4 Å². The molecule has 1 saturated carbocycles. The number of hydrogen-bond acceptors (Lipinski definition) is 7. The summed E-state index contributed by atoms with van der Waals surface area (Å²) in [5.74, 6) is 0.989. The highest BCUT2D eigenvalue weighted by atomic mass is 19.1. The number of fused-ring (bicyclic) bond motifs is 2. The number of aromatic nitrogens is 3. The summed E-state index contributed by atoms with van der Waals surface area (Å²) in [6, 6.07) is 12.3. The second-order valence-electron chi connectivity index (χ2n) is 8.32. The van der Waals surface area contributed by atoms with Crippen LogP contribution in [0, 0.1) is 5.92 Å². The lowest BCUT2D eigenvalue weighted by molar-refractivity contribution is 0.0407. The van der Waals surface area contributed by atoms with Gasteiger partial charge in [0.15, 0.2) is 6.17 Å². The maximum absolute atomic E-state index is 14.7. The maximum atomic E-state index is 14.7. The van der Waals surface area contributed by atoms with E-state index < -0.39 is 17.8 Å². The molecule has 0 amide bonds. The van der Waals surface area contributed by atoms with Crippen molar-refractivity contribution in [1.29, 1.82) is 0 Å². The quantitative estimate of drug-likeness (QED) is 0.651. The lowest BCUT2D eigenvalue weighted by atomic mass is 9.99. The van der Waals surface area contributed by atoms with E-state index in [4.69, 9.17) is 9.47 Å². The molecule has 2 aliphatic rings. The molecule has 0 radical (unpaired) electrons. The van der Waals surface area contributed by atoms with Crippen molar-refractivity contribution in [3.8, 4) is 39.9 Å². The molecule has 0 spiro atoms. The van der Waals surface area contributed by atoms with Gasteiger partial charge in [-0.25, -0.2) is 9.37 Å². The zero-order valence-corrected chi connectivity index (χ0v) is 17.2. The smallest absolute Gasteiger partial charge is 0.233 e. The van der Waals surface area contributed by atoms with Gasteiger partial charge in [-0.2, -0.15) is 0 Å². The van der Waals surface area contributed by atoms with E-state index in [0.29, 0.717) is 17.1 Å². The molecule has 1 unspecified atom stereocenters. The summed E-state index contributed by atoms with van der Waals surface area (Å²) < 4.78 is 25.7. The van der Waals surface area contributed by atoms with E-state index in [2.05, 4.69) is 20.5 Å². The number of pyridine rings is 1. The molecular weight excluding hydrogens is 399 g/mol. The van der Waals surface area contributed by atoms with Gasteiger partial charge in [0.1, 0.15) is 11.9 Å². The molecule has 8 heteroatoms. The van der Waals surface area contributed by atoms with Gasteiger partial charge in [-0.3, -0.25) is 0 Å². The van der Waals surface area contributed by atoms with Crippen molar-refractivity contribution < 1.29 is 19.0 Å². The largest absolute Gasteiger partial charge is 0.507 e. The van der Waals surface area contributed by atoms with Crippen LogP contribution in [0.2, 0.25) is 0 Å². The number of nitrogens with zero attached hydrogens (tertiary/aromatic N) is 3. The number of benzene rings is 1. The normalized spacial score (nSPS) is 26.7. The van der Waals surface area contributed by atoms with Crippen LogP contribution in [0.1, 0.15) is 13.3 Å². The number of methoxy groups -OCH3 is 1. The zero-order valence-electron chi connectivity index (χ0n) is 17.2. The second kappa shape index (κ2) is 7.46. The summed E-state index contributed by atoms with van der Waals surface area (Å²) in [4.78, 5) is 4.09. The second-order valence-corrected chi connectivity index (χ2v) is 8.32. The summed E-state index contributed by atoms with van der Waals surface area (Å²) in [6.07, 6.45) is 0.804. The molecule has 2 fully saturated rings. The number of piperidine rings is 1. The molecule has 2 bridgehead atoms. The van der Waals surface area contributed by atoms with Gasteiger partial charge >= 0.3 is 0 Å². The molecule has 1 aliphatic carbocycles. The average molecular weight is 422 g/mol. The van der Waals surface area contributed by atoms with Gasteiger partial charge < -0.3 is 19.9 Å². The molecule has 3 aromatic rings. The number of aromatic hydroxyl groups is 1. The topological polar surface area (TPSA) is 89.4 Å². The molecule has 1 aromatic carbocycles. The van der Waals surface area contributed by atoms with Gasteiger partial charge in [-0.05, 0) is 48.7 Å². The minimum Gasteiger partial charge on any atom is -0.507 e. The Kier molecular flexibility index (Phi) is 4.74. The number of hydrogen-bond donors (Lipinski definition) is 2. The number of phenolic OH excluding ortho intramolecular Hbond substituents is 1. The van der Waals surface area contributed by atoms with Crippen molar-refractivity contribution >= 4 is 0 Å². The summed E-state index contributed by atoms with van der Waals surface area (Å²) in [7, 11) is 1.56. The van der Waals surface area contributed by atoms with E-state index in [-0.39, 0.29) is 17.5 Å². The minimum absolute atomic E-state index is 0.0761. The van der Waals surface area contributed by atoms with Crippen LogP contribution in [0.5, 0.6) is 17.5 Å². The lowest BCUT2D eigenvalue weighted by Crippen LogP contribution is -2.53. The number of ether oxygens (including phenoxy) is 2. The Balaban J connectivity index is 1.34. The molecule has 31 heavy (non-hydrogen) atoms. The predicted octanol–water partition coefficient (Wildman–Crippen LogP) is 3.39. The first kappa shape index (κ1) is 19.7. The third-order valence-electron chi connectivity index (χ3n) is 6.26. The predicted molar refractivity (Wildman–Crippen MR) is 113 cm³/mol. The van der Waals surface area contributed by atoms with Crippen molar-refractivity contribution in [3.05, 3.63) is 48.7 Å². The Labute approximate surface area is 179 Å². The molecule has 160 valence electrons. The third kappa shape index (κ3) is 3.46. The van der Waals surface area contributed by atoms with Crippen LogP contribution in [-0.4, -0.2) is 51.8 Å². The van der Waals surface area contributed by atoms with Crippen LogP contribution in [-0.2, 0) is 0 Å². The van der Waals surface area contributed by atoms with Gasteiger partial charge in [0.05, 0.1) is 18.3 Å². The maximum Gasteiger partial charge on any atom is 0.233 e. The Hall–Kier alpha value is -3.26. The molecule has 2 aromatic heterocycles. The highest BCUT2D eigenvalue weighted by molar-refractivity contribution is 5.74. The van der Waals surface area contributed by atoms with E-state index in [1.165, 1.54) is 0 Å². The monoisotopic (exact) mass is 422 g/mol. The van der Waals surface area contributed by atoms with Crippen molar-refractivity contribution in [2.24, 2.45) is 5.92 Å². The molecule has 1 aliphatic heterocycles. The van der Waals surface area contributed by atoms with Gasteiger partial charge in [0.2, 0.25) is 11.8 Å². The first-order valence-electron chi connectivity index (χ1n) is 10.2. The van der Waals surface area contributed by atoms with Crippen LogP contribution in [0.4, 0.5) is 4.39 Å². The SMILES string of the molecule is COc1cc(-c2ccc(-c3ccc(O[C@H]4C5CN[C@@](C)(C5)[C@@H]4F)nn3)c(O)c2)ccn1. The van der Waals surface area contributed by atoms with Gasteiger partial charge in [0, 0.05) is 36.4 Å². The van der Waals surface area contributed by atoms with Crippen molar-refractivity contribution in [2.75, 3.05) is 13.7 Å². The molecule has 4 atom stereocenters. The minimum atomic E-state index is -1.09. The van der Waals surface area contributed by atoms with Crippen molar-refractivity contribution in [2.45, 2.75) is 31.2 Å². The first-order valence-corrected chi connectivity index (χ1v) is 10.2. The molecule has 3 heterocycles. The van der Waals surface area contributed by atoms with Crippen LogP contribution >= 0.6 is 0 Å². The Morgan fingerprint density at radius 3 is 2.61 bits per heavy atom. The Morgan fingerprint density at radius 2 is 1.94 bits per heavy atom. The fourth-order valence-electron chi connectivity index (χ4n) is 4.55. The Morgan fingerprint density at radius 1 is 1.10 bits per heavy atom. The van der Waals surface area contributed by atoms with Crippen LogP contribution in [0.15, 0.2) is 48.7 Å². The van der Waals surface area contributed by atoms with E-state index in [1.54, 1.807) is 43.6 Å².